The molecule has 9 nitrogen and oxygen atoms in total. The fraction of sp³-hybridized carbons (Fsp3) is 0.478. The molecule has 2 fully saturated rings. The fourth-order valence-electron chi connectivity index (χ4n) is 4.82. The van der Waals surface area contributed by atoms with Crippen LogP contribution in [-0.4, -0.2) is 44.7 Å². The van der Waals surface area contributed by atoms with Crippen molar-refractivity contribution >= 4 is 57.9 Å². The van der Waals surface area contributed by atoms with Crippen LogP contribution in [0.2, 0.25) is 10.0 Å². The van der Waals surface area contributed by atoms with Gasteiger partial charge in [-0.1, -0.05) is 23.2 Å². The van der Waals surface area contributed by atoms with Gasteiger partial charge in [-0.25, -0.2) is 14.4 Å². The number of aromatic nitrogens is 4. The molecule has 12 heteroatoms. The van der Waals surface area contributed by atoms with Gasteiger partial charge < -0.3 is 21.1 Å². The van der Waals surface area contributed by atoms with Crippen molar-refractivity contribution in [2.24, 2.45) is 11.7 Å². The Balaban J connectivity index is 1.52. The van der Waals surface area contributed by atoms with E-state index in [0.717, 1.165) is 32.3 Å². The highest BCUT2D eigenvalue weighted by Crippen LogP contribution is 2.39. The van der Waals surface area contributed by atoms with Gasteiger partial charge in [0.15, 0.2) is 5.65 Å². The number of ether oxygens (including phenoxy) is 1. The molecule has 1 amide bonds. The van der Waals surface area contributed by atoms with Crippen LogP contribution in [0.15, 0.2) is 18.3 Å². The largest absolute Gasteiger partial charge is 0.379 e. The normalized spacial score (nSPS) is 22.8. The summed E-state index contributed by atoms with van der Waals surface area (Å²) < 4.78 is 21.3. The predicted molar refractivity (Wildman–Crippen MR) is 133 cm³/mol. The number of rotatable bonds is 6. The Morgan fingerprint density at radius 2 is 1.89 bits per heavy atom. The molecule has 5 rings (SSSR count). The number of carbonyl (C=O) groups excluding carboxylic acids is 1. The first-order valence-corrected chi connectivity index (χ1v) is 12.4. The van der Waals surface area contributed by atoms with Crippen molar-refractivity contribution in [2.75, 3.05) is 23.8 Å². The zero-order valence-corrected chi connectivity index (χ0v) is 20.4. The standard InChI is InChI=1S/C23H26Cl2FN7O2/c24-16-8-13(26)9-17(25)19(16)31-23-30-18-10-28-22(29-14-2-1-7-35-11-14)32-21(18)33(23)15-5-3-12(4-6-15)20(27)34/h8-10,12,14-15H,1-7,11H2,(H2,27,34)(H,30,31)(H,28,29,32). The van der Waals surface area contributed by atoms with Crippen LogP contribution in [0.3, 0.4) is 0 Å². The Kier molecular flexibility index (Phi) is 6.95. The number of primary amides is 1. The predicted octanol–water partition coefficient (Wildman–Crippen LogP) is 4.82. The lowest BCUT2D eigenvalue weighted by Crippen LogP contribution is -2.31. The Hall–Kier alpha value is -2.69. The van der Waals surface area contributed by atoms with Gasteiger partial charge in [-0.2, -0.15) is 4.98 Å². The molecule has 1 unspecified atom stereocenters. The second-order valence-electron chi connectivity index (χ2n) is 9.04. The summed E-state index contributed by atoms with van der Waals surface area (Å²) in [6.07, 6.45) is 6.42. The van der Waals surface area contributed by atoms with Gasteiger partial charge in [0.1, 0.15) is 11.3 Å². The summed E-state index contributed by atoms with van der Waals surface area (Å²) in [5.41, 5.74) is 7.11. The van der Waals surface area contributed by atoms with Crippen molar-refractivity contribution in [3.8, 4) is 0 Å². The Bertz CT molecular complexity index is 1220. The third kappa shape index (κ3) is 5.14. The molecule has 0 bridgehead atoms. The maximum absolute atomic E-state index is 13.7. The zero-order valence-electron chi connectivity index (χ0n) is 18.9. The van der Waals surface area contributed by atoms with E-state index in [1.807, 2.05) is 4.57 Å². The number of fused-ring (bicyclic) bond motifs is 1. The van der Waals surface area contributed by atoms with Gasteiger partial charge in [0.05, 0.1) is 34.6 Å². The van der Waals surface area contributed by atoms with E-state index in [9.17, 15) is 9.18 Å². The summed E-state index contributed by atoms with van der Waals surface area (Å²) in [6, 6.07) is 2.53. The van der Waals surface area contributed by atoms with E-state index in [-0.39, 0.29) is 34.0 Å². The third-order valence-corrected chi connectivity index (χ3v) is 7.23. The van der Waals surface area contributed by atoms with Crippen molar-refractivity contribution < 1.29 is 13.9 Å². The molecule has 0 radical (unpaired) electrons. The summed E-state index contributed by atoms with van der Waals surface area (Å²) >= 11 is 12.6. The molecule has 1 atom stereocenters. The number of hydrogen-bond acceptors (Lipinski definition) is 7. The highest BCUT2D eigenvalue weighted by Gasteiger charge is 2.29. The minimum Gasteiger partial charge on any atom is -0.379 e. The van der Waals surface area contributed by atoms with Gasteiger partial charge in [0.25, 0.3) is 0 Å². The minimum absolute atomic E-state index is 0.0110. The molecule has 2 aliphatic rings. The SMILES string of the molecule is NC(=O)C1CCC(n2c(Nc3c(Cl)cc(F)cc3Cl)nc3cnc(NC4CCCOC4)nc32)CC1. The van der Waals surface area contributed by atoms with Gasteiger partial charge in [-0.15, -0.1) is 0 Å². The number of anilines is 3. The summed E-state index contributed by atoms with van der Waals surface area (Å²) in [5, 5.41) is 6.81. The van der Waals surface area contributed by atoms with Crippen LogP contribution >= 0.6 is 23.2 Å². The Labute approximate surface area is 211 Å². The second kappa shape index (κ2) is 10.1. The average Bonchev–Trinajstić information content (AvgIpc) is 3.19. The van der Waals surface area contributed by atoms with Crippen LogP contribution < -0.4 is 16.4 Å². The van der Waals surface area contributed by atoms with Gasteiger partial charge in [0.2, 0.25) is 17.8 Å². The van der Waals surface area contributed by atoms with Crippen LogP contribution in [0.25, 0.3) is 11.2 Å². The van der Waals surface area contributed by atoms with Crippen LogP contribution in [0.5, 0.6) is 0 Å². The maximum atomic E-state index is 13.7. The number of benzene rings is 1. The third-order valence-electron chi connectivity index (χ3n) is 6.63. The first kappa shape index (κ1) is 24.0. The number of hydrogen-bond donors (Lipinski definition) is 3. The molecule has 4 N–H and O–H groups in total. The van der Waals surface area contributed by atoms with Crippen molar-refractivity contribution in [3.05, 3.63) is 34.2 Å². The van der Waals surface area contributed by atoms with Crippen molar-refractivity contribution in [2.45, 2.75) is 50.6 Å². The first-order chi connectivity index (χ1) is 16.9. The zero-order chi connectivity index (χ0) is 24.5. The van der Waals surface area contributed by atoms with E-state index < -0.39 is 5.82 Å². The van der Waals surface area contributed by atoms with Crippen LogP contribution in [-0.2, 0) is 9.53 Å². The highest BCUT2D eigenvalue weighted by molar-refractivity contribution is 6.39. The number of imidazole rings is 1. The molecule has 1 aliphatic heterocycles. The molecule has 0 spiro atoms. The maximum Gasteiger partial charge on any atom is 0.225 e. The molecular weight excluding hydrogens is 496 g/mol. The van der Waals surface area contributed by atoms with Gasteiger partial charge in [-0.05, 0) is 50.7 Å². The topological polar surface area (TPSA) is 120 Å². The molecule has 3 heterocycles. The first-order valence-electron chi connectivity index (χ1n) is 11.7. The van der Waals surface area contributed by atoms with Crippen LogP contribution in [0.1, 0.15) is 44.6 Å². The van der Waals surface area contributed by atoms with Crippen molar-refractivity contribution in [3.63, 3.8) is 0 Å². The molecule has 186 valence electrons. The van der Waals surface area contributed by atoms with E-state index >= 15 is 0 Å². The van der Waals surface area contributed by atoms with E-state index in [2.05, 4.69) is 15.6 Å². The number of amides is 1. The molecule has 35 heavy (non-hydrogen) atoms. The summed E-state index contributed by atoms with van der Waals surface area (Å²) in [5.74, 6) is 0.00844. The van der Waals surface area contributed by atoms with Crippen molar-refractivity contribution in [1.29, 1.82) is 0 Å². The summed E-state index contributed by atoms with van der Waals surface area (Å²) in [7, 11) is 0. The number of nitrogens with two attached hydrogens (primary N) is 1. The molecule has 1 aromatic carbocycles. The molecule has 1 saturated heterocycles. The van der Waals surface area contributed by atoms with Gasteiger partial charge >= 0.3 is 0 Å². The number of nitrogens with zero attached hydrogens (tertiary/aromatic N) is 4. The van der Waals surface area contributed by atoms with Gasteiger partial charge in [-0.3, -0.25) is 9.36 Å². The quantitative estimate of drug-likeness (QED) is 0.425. The smallest absolute Gasteiger partial charge is 0.225 e. The lowest BCUT2D eigenvalue weighted by Gasteiger charge is -2.29. The molecule has 1 aliphatic carbocycles. The fourth-order valence-corrected chi connectivity index (χ4v) is 5.38. The Morgan fingerprint density at radius 3 is 2.54 bits per heavy atom. The second-order valence-corrected chi connectivity index (χ2v) is 9.86. The van der Waals surface area contributed by atoms with E-state index in [0.29, 0.717) is 48.2 Å². The van der Waals surface area contributed by atoms with Crippen LogP contribution in [0.4, 0.5) is 22.0 Å². The molecular formula is C23H26Cl2FN7O2. The number of halogens is 3. The monoisotopic (exact) mass is 521 g/mol. The lowest BCUT2D eigenvalue weighted by atomic mass is 9.85. The highest BCUT2D eigenvalue weighted by atomic mass is 35.5. The van der Waals surface area contributed by atoms with Crippen molar-refractivity contribution in [1.82, 2.24) is 19.5 Å². The summed E-state index contributed by atoms with van der Waals surface area (Å²) in [6.45, 7) is 1.37. The van der Waals surface area contributed by atoms with Gasteiger partial charge in [0, 0.05) is 18.6 Å². The van der Waals surface area contributed by atoms with E-state index in [1.54, 1.807) is 6.20 Å². The van der Waals surface area contributed by atoms with E-state index in [1.165, 1.54) is 12.1 Å². The van der Waals surface area contributed by atoms with E-state index in [4.69, 9.17) is 43.6 Å². The minimum atomic E-state index is -0.530. The molecule has 1 saturated carbocycles. The number of nitrogens with one attached hydrogen (secondary N) is 2. The molecule has 3 aromatic rings. The Morgan fingerprint density at radius 1 is 1.14 bits per heavy atom. The number of carbonyl (C=O) groups is 1. The lowest BCUT2D eigenvalue weighted by molar-refractivity contribution is -0.122. The molecule has 2 aromatic heterocycles. The summed E-state index contributed by atoms with van der Waals surface area (Å²) in [4.78, 5) is 25.6. The average molecular weight is 522 g/mol. The van der Waals surface area contributed by atoms with Crippen LogP contribution in [0, 0.1) is 11.7 Å².